The molecule has 1 N–H and O–H groups in total. The van der Waals surface area contributed by atoms with Gasteiger partial charge in [0.1, 0.15) is 0 Å². The molecule has 0 atom stereocenters. The third-order valence-electron chi connectivity index (χ3n) is 3.18. The zero-order valence-electron chi connectivity index (χ0n) is 11.1. The van der Waals surface area contributed by atoms with Crippen molar-refractivity contribution >= 4 is 0 Å². The number of aromatic nitrogens is 2. The summed E-state index contributed by atoms with van der Waals surface area (Å²) >= 11 is 0. The number of hydrogen-bond donors (Lipinski definition) is 1. The summed E-state index contributed by atoms with van der Waals surface area (Å²) in [6, 6.07) is 2.52. The molecule has 5 heteroatoms. The van der Waals surface area contributed by atoms with Crippen LogP contribution in [0.4, 0.5) is 0 Å². The van der Waals surface area contributed by atoms with Crippen molar-refractivity contribution in [2.75, 3.05) is 33.2 Å². The number of nitrogens with zero attached hydrogens (tertiary/aromatic N) is 4. The van der Waals surface area contributed by atoms with Gasteiger partial charge in [0.15, 0.2) is 0 Å². The Balaban J connectivity index is 1.77. The lowest BCUT2D eigenvalue weighted by Crippen LogP contribution is -2.50. The van der Waals surface area contributed by atoms with E-state index in [4.69, 9.17) is 0 Å². The van der Waals surface area contributed by atoms with Crippen molar-refractivity contribution in [3.05, 3.63) is 18.0 Å². The predicted molar refractivity (Wildman–Crippen MR) is 68.5 cm³/mol. The minimum atomic E-state index is 0.437. The van der Waals surface area contributed by atoms with E-state index in [2.05, 4.69) is 47.4 Å². The number of hydrazine groups is 1. The van der Waals surface area contributed by atoms with Crippen molar-refractivity contribution in [1.82, 2.24) is 25.1 Å². The van der Waals surface area contributed by atoms with Gasteiger partial charge in [-0.15, -0.1) is 0 Å². The van der Waals surface area contributed by atoms with Gasteiger partial charge in [-0.05, 0) is 27.0 Å². The van der Waals surface area contributed by atoms with Crippen LogP contribution >= 0.6 is 0 Å². The van der Waals surface area contributed by atoms with Gasteiger partial charge in [0.05, 0.1) is 12.2 Å². The SMILES string of the molecule is CC(C)n1ccc(CNN2CCN(C)CC2)n1. The van der Waals surface area contributed by atoms with E-state index < -0.39 is 0 Å². The molecule has 0 spiro atoms. The molecule has 2 heterocycles. The lowest BCUT2D eigenvalue weighted by Gasteiger charge is -2.32. The van der Waals surface area contributed by atoms with Crippen LogP contribution in [0.1, 0.15) is 25.6 Å². The van der Waals surface area contributed by atoms with E-state index in [9.17, 15) is 0 Å². The molecule has 1 fully saturated rings. The zero-order chi connectivity index (χ0) is 12.3. The minimum Gasteiger partial charge on any atom is -0.304 e. The van der Waals surface area contributed by atoms with Crippen LogP contribution in [-0.4, -0.2) is 52.9 Å². The van der Waals surface area contributed by atoms with Crippen LogP contribution in [0.25, 0.3) is 0 Å². The van der Waals surface area contributed by atoms with E-state index in [1.165, 1.54) is 0 Å². The Morgan fingerprint density at radius 3 is 2.59 bits per heavy atom. The largest absolute Gasteiger partial charge is 0.304 e. The molecule has 0 radical (unpaired) electrons. The van der Waals surface area contributed by atoms with E-state index >= 15 is 0 Å². The Labute approximate surface area is 103 Å². The Kier molecular flexibility index (Phi) is 4.15. The Morgan fingerprint density at radius 1 is 1.29 bits per heavy atom. The standard InChI is InChI=1S/C12H23N5/c1-11(2)17-5-4-12(14-17)10-13-16-8-6-15(3)7-9-16/h4-5,11,13H,6-10H2,1-3H3. The van der Waals surface area contributed by atoms with E-state index in [1.54, 1.807) is 0 Å². The number of nitrogens with one attached hydrogen (secondary N) is 1. The monoisotopic (exact) mass is 237 g/mol. The highest BCUT2D eigenvalue weighted by atomic mass is 15.5. The summed E-state index contributed by atoms with van der Waals surface area (Å²) in [5.74, 6) is 0. The minimum absolute atomic E-state index is 0.437. The van der Waals surface area contributed by atoms with Gasteiger partial charge in [0, 0.05) is 38.4 Å². The maximum Gasteiger partial charge on any atom is 0.0776 e. The van der Waals surface area contributed by atoms with Crippen molar-refractivity contribution < 1.29 is 0 Å². The van der Waals surface area contributed by atoms with Crippen LogP contribution in [0.3, 0.4) is 0 Å². The first kappa shape index (κ1) is 12.5. The molecule has 1 aromatic heterocycles. The third kappa shape index (κ3) is 3.52. The highest BCUT2D eigenvalue weighted by molar-refractivity contribution is 4.98. The summed E-state index contributed by atoms with van der Waals surface area (Å²) in [5.41, 5.74) is 4.55. The number of rotatable bonds is 4. The average Bonchev–Trinajstić information content (AvgIpc) is 2.77. The third-order valence-corrected chi connectivity index (χ3v) is 3.18. The molecule has 0 amide bonds. The smallest absolute Gasteiger partial charge is 0.0776 e. The molecule has 2 rings (SSSR count). The van der Waals surface area contributed by atoms with Crippen molar-refractivity contribution in [2.45, 2.75) is 26.4 Å². The fourth-order valence-corrected chi connectivity index (χ4v) is 1.92. The van der Waals surface area contributed by atoms with Gasteiger partial charge in [0.25, 0.3) is 0 Å². The number of piperazine rings is 1. The summed E-state index contributed by atoms with van der Waals surface area (Å²) < 4.78 is 2.00. The van der Waals surface area contributed by atoms with Crippen LogP contribution in [-0.2, 0) is 6.54 Å². The molecular weight excluding hydrogens is 214 g/mol. The molecule has 17 heavy (non-hydrogen) atoms. The van der Waals surface area contributed by atoms with Crippen molar-refractivity contribution in [3.63, 3.8) is 0 Å². The zero-order valence-corrected chi connectivity index (χ0v) is 11.1. The second-order valence-corrected chi connectivity index (χ2v) is 5.01. The first-order valence-electron chi connectivity index (χ1n) is 6.36. The van der Waals surface area contributed by atoms with E-state index in [0.717, 1.165) is 38.4 Å². The van der Waals surface area contributed by atoms with Gasteiger partial charge in [-0.1, -0.05) is 0 Å². The maximum atomic E-state index is 4.53. The fraction of sp³-hybridized carbons (Fsp3) is 0.750. The first-order valence-corrected chi connectivity index (χ1v) is 6.36. The van der Waals surface area contributed by atoms with Crippen LogP contribution in [0.5, 0.6) is 0 Å². The van der Waals surface area contributed by atoms with E-state index in [-0.39, 0.29) is 0 Å². The average molecular weight is 237 g/mol. The molecule has 96 valence electrons. The Bertz CT molecular complexity index is 338. The Hall–Kier alpha value is -0.910. The summed E-state index contributed by atoms with van der Waals surface area (Å²) in [5, 5.41) is 6.81. The molecule has 1 aromatic rings. The van der Waals surface area contributed by atoms with Gasteiger partial charge in [-0.2, -0.15) is 5.10 Å². The summed E-state index contributed by atoms with van der Waals surface area (Å²) in [7, 11) is 2.17. The van der Waals surface area contributed by atoms with Crippen molar-refractivity contribution in [2.24, 2.45) is 0 Å². The van der Waals surface area contributed by atoms with Crippen LogP contribution in [0, 0.1) is 0 Å². The molecule has 0 aliphatic carbocycles. The van der Waals surface area contributed by atoms with Crippen LogP contribution in [0.15, 0.2) is 12.3 Å². The van der Waals surface area contributed by atoms with Gasteiger partial charge in [-0.3, -0.25) is 4.68 Å². The fourth-order valence-electron chi connectivity index (χ4n) is 1.92. The molecule has 1 aliphatic rings. The molecule has 5 nitrogen and oxygen atoms in total. The predicted octanol–water partition coefficient (Wildman–Crippen LogP) is 0.716. The first-order chi connectivity index (χ1) is 8.15. The normalized spacial score (nSPS) is 19.1. The van der Waals surface area contributed by atoms with E-state index in [0.29, 0.717) is 6.04 Å². The van der Waals surface area contributed by atoms with Gasteiger partial charge in [-0.25, -0.2) is 10.4 Å². The quantitative estimate of drug-likeness (QED) is 0.837. The number of hydrogen-bond acceptors (Lipinski definition) is 4. The van der Waals surface area contributed by atoms with Gasteiger partial charge in [0.2, 0.25) is 0 Å². The van der Waals surface area contributed by atoms with Crippen molar-refractivity contribution in [3.8, 4) is 0 Å². The maximum absolute atomic E-state index is 4.53. The second-order valence-electron chi connectivity index (χ2n) is 5.01. The van der Waals surface area contributed by atoms with Crippen LogP contribution in [0.2, 0.25) is 0 Å². The molecular formula is C12H23N5. The second kappa shape index (κ2) is 5.62. The highest BCUT2D eigenvalue weighted by Crippen LogP contribution is 2.04. The molecule has 0 bridgehead atoms. The molecule has 1 aliphatic heterocycles. The summed E-state index contributed by atoms with van der Waals surface area (Å²) in [4.78, 5) is 2.35. The molecule has 0 aromatic carbocycles. The highest BCUT2D eigenvalue weighted by Gasteiger charge is 2.13. The van der Waals surface area contributed by atoms with Crippen LogP contribution < -0.4 is 5.43 Å². The number of likely N-dealkylation sites (N-methyl/N-ethyl adjacent to an activating group) is 1. The molecule has 1 saturated heterocycles. The van der Waals surface area contributed by atoms with Gasteiger partial charge >= 0.3 is 0 Å². The summed E-state index contributed by atoms with van der Waals surface area (Å²) in [6.07, 6.45) is 2.05. The summed E-state index contributed by atoms with van der Waals surface area (Å²) in [6.45, 7) is 9.54. The van der Waals surface area contributed by atoms with Gasteiger partial charge < -0.3 is 4.90 Å². The lowest BCUT2D eigenvalue weighted by atomic mass is 10.4. The topological polar surface area (TPSA) is 36.3 Å². The Morgan fingerprint density at radius 2 is 2.00 bits per heavy atom. The lowest BCUT2D eigenvalue weighted by molar-refractivity contribution is 0.101. The van der Waals surface area contributed by atoms with E-state index in [1.807, 2.05) is 10.9 Å². The molecule has 0 unspecified atom stereocenters. The molecule has 0 saturated carbocycles. The van der Waals surface area contributed by atoms with Crippen molar-refractivity contribution in [1.29, 1.82) is 0 Å².